The molecular weight excluding hydrogens is 292 g/mol. The van der Waals surface area contributed by atoms with E-state index >= 15 is 0 Å². The lowest BCUT2D eigenvalue weighted by Gasteiger charge is -2.20. The fraction of sp³-hybridized carbons (Fsp3) is 0.500. The van der Waals surface area contributed by atoms with Crippen LogP contribution in [0.25, 0.3) is 11.0 Å². The first-order valence-electron chi connectivity index (χ1n) is 8.12. The summed E-state index contributed by atoms with van der Waals surface area (Å²) in [5.41, 5.74) is 1.86. The van der Waals surface area contributed by atoms with Crippen LogP contribution in [0.1, 0.15) is 37.6 Å². The number of amides is 2. The van der Waals surface area contributed by atoms with Crippen molar-refractivity contribution in [1.82, 2.24) is 10.2 Å². The molecule has 1 aromatic carbocycles. The van der Waals surface area contributed by atoms with E-state index in [9.17, 15) is 4.79 Å². The second kappa shape index (κ2) is 6.14. The van der Waals surface area contributed by atoms with Crippen LogP contribution in [0.5, 0.6) is 5.75 Å². The normalized spacial score (nSPS) is 19.1. The number of rotatable bonds is 3. The van der Waals surface area contributed by atoms with E-state index in [0.29, 0.717) is 5.92 Å². The van der Waals surface area contributed by atoms with Crippen LogP contribution < -0.4 is 10.1 Å². The summed E-state index contributed by atoms with van der Waals surface area (Å²) in [5, 5.41) is 4.07. The quantitative estimate of drug-likeness (QED) is 0.935. The average Bonchev–Trinajstić information content (AvgIpc) is 3.11. The Hall–Kier alpha value is -2.17. The van der Waals surface area contributed by atoms with Crippen molar-refractivity contribution in [2.45, 2.75) is 33.2 Å². The highest BCUT2D eigenvalue weighted by atomic mass is 16.5. The van der Waals surface area contributed by atoms with Gasteiger partial charge in [0.1, 0.15) is 17.1 Å². The Labute approximate surface area is 136 Å². The Morgan fingerprint density at radius 3 is 2.91 bits per heavy atom. The van der Waals surface area contributed by atoms with Gasteiger partial charge in [0.15, 0.2) is 0 Å². The predicted molar refractivity (Wildman–Crippen MR) is 89.8 cm³/mol. The van der Waals surface area contributed by atoms with E-state index in [1.165, 1.54) is 0 Å². The van der Waals surface area contributed by atoms with Crippen molar-refractivity contribution in [2.75, 3.05) is 20.2 Å². The molecular formula is C18H24N2O3. The number of furan rings is 1. The molecule has 23 heavy (non-hydrogen) atoms. The molecule has 2 heterocycles. The zero-order chi connectivity index (χ0) is 16.6. The lowest BCUT2D eigenvalue weighted by atomic mass is 10.1. The van der Waals surface area contributed by atoms with Gasteiger partial charge in [-0.2, -0.15) is 0 Å². The number of likely N-dealkylation sites (tertiary alicyclic amines) is 1. The first kappa shape index (κ1) is 15.7. The number of benzene rings is 1. The molecule has 0 radical (unpaired) electrons. The van der Waals surface area contributed by atoms with E-state index in [2.05, 4.69) is 12.2 Å². The highest BCUT2D eigenvalue weighted by Crippen LogP contribution is 2.32. The SMILES string of the molecule is COc1ccc2oc(C(C)NC(=O)N3CCC(C)C3)c(C)c2c1. The van der Waals surface area contributed by atoms with Crippen LogP contribution >= 0.6 is 0 Å². The summed E-state index contributed by atoms with van der Waals surface area (Å²) in [5.74, 6) is 2.18. The highest BCUT2D eigenvalue weighted by molar-refractivity contribution is 5.84. The molecule has 2 atom stereocenters. The number of ether oxygens (including phenoxy) is 1. The summed E-state index contributed by atoms with van der Waals surface area (Å²) in [7, 11) is 1.65. The second-order valence-corrected chi connectivity index (χ2v) is 6.46. The van der Waals surface area contributed by atoms with Gasteiger partial charge in [-0.25, -0.2) is 4.79 Å². The monoisotopic (exact) mass is 316 g/mol. The predicted octanol–water partition coefficient (Wildman–Crippen LogP) is 3.86. The van der Waals surface area contributed by atoms with Gasteiger partial charge < -0.3 is 19.4 Å². The van der Waals surface area contributed by atoms with Crippen LogP contribution in [0, 0.1) is 12.8 Å². The molecule has 0 saturated carbocycles. The summed E-state index contributed by atoms with van der Waals surface area (Å²) >= 11 is 0. The van der Waals surface area contributed by atoms with Gasteiger partial charge in [0, 0.05) is 24.0 Å². The zero-order valence-electron chi connectivity index (χ0n) is 14.2. The molecule has 0 aliphatic carbocycles. The third kappa shape index (κ3) is 3.00. The number of urea groups is 1. The molecule has 3 rings (SSSR count). The van der Waals surface area contributed by atoms with E-state index in [-0.39, 0.29) is 12.1 Å². The number of carbonyl (C=O) groups excluding carboxylic acids is 1. The minimum absolute atomic E-state index is 0.0145. The van der Waals surface area contributed by atoms with Crippen molar-refractivity contribution in [2.24, 2.45) is 5.92 Å². The summed E-state index contributed by atoms with van der Waals surface area (Å²) < 4.78 is 11.2. The molecule has 0 spiro atoms. The Balaban J connectivity index is 1.79. The van der Waals surface area contributed by atoms with Crippen molar-refractivity contribution < 1.29 is 13.9 Å². The number of fused-ring (bicyclic) bond motifs is 1. The Kier molecular flexibility index (Phi) is 4.20. The number of hydrogen-bond acceptors (Lipinski definition) is 3. The Morgan fingerprint density at radius 1 is 1.48 bits per heavy atom. The number of methoxy groups -OCH3 is 1. The first-order valence-corrected chi connectivity index (χ1v) is 8.12. The third-order valence-corrected chi connectivity index (χ3v) is 4.62. The van der Waals surface area contributed by atoms with Gasteiger partial charge in [-0.3, -0.25) is 0 Å². The van der Waals surface area contributed by atoms with E-state index in [0.717, 1.165) is 47.6 Å². The lowest BCUT2D eigenvalue weighted by Crippen LogP contribution is -2.39. The fourth-order valence-electron chi connectivity index (χ4n) is 3.22. The number of nitrogens with zero attached hydrogens (tertiary/aromatic N) is 1. The summed E-state index contributed by atoms with van der Waals surface area (Å²) in [6.45, 7) is 7.80. The van der Waals surface area contributed by atoms with Crippen molar-refractivity contribution in [1.29, 1.82) is 0 Å². The van der Waals surface area contributed by atoms with E-state index < -0.39 is 0 Å². The number of aryl methyl sites for hydroxylation is 1. The van der Waals surface area contributed by atoms with E-state index in [4.69, 9.17) is 9.15 Å². The highest BCUT2D eigenvalue weighted by Gasteiger charge is 2.26. The Morgan fingerprint density at radius 2 is 2.26 bits per heavy atom. The maximum absolute atomic E-state index is 12.4. The van der Waals surface area contributed by atoms with Crippen LogP contribution in [-0.4, -0.2) is 31.1 Å². The van der Waals surface area contributed by atoms with Gasteiger partial charge in [-0.1, -0.05) is 6.92 Å². The van der Waals surface area contributed by atoms with Crippen molar-refractivity contribution in [3.05, 3.63) is 29.5 Å². The molecule has 2 unspecified atom stereocenters. The van der Waals surface area contributed by atoms with Crippen molar-refractivity contribution in [3.8, 4) is 5.75 Å². The minimum atomic E-state index is -0.170. The number of hydrogen-bond donors (Lipinski definition) is 1. The van der Waals surface area contributed by atoms with E-state index in [1.807, 2.05) is 36.9 Å². The second-order valence-electron chi connectivity index (χ2n) is 6.46. The molecule has 2 aromatic rings. The maximum Gasteiger partial charge on any atom is 0.317 e. The van der Waals surface area contributed by atoms with Gasteiger partial charge in [-0.15, -0.1) is 0 Å². The van der Waals surface area contributed by atoms with Gasteiger partial charge >= 0.3 is 6.03 Å². The standard InChI is InChI=1S/C18H24N2O3/c1-11-7-8-20(10-11)18(21)19-13(3)17-12(2)15-9-14(22-4)5-6-16(15)23-17/h5-6,9,11,13H,7-8,10H2,1-4H3,(H,19,21). The number of nitrogens with one attached hydrogen (secondary N) is 1. The van der Waals surface area contributed by atoms with Crippen LogP contribution in [0.3, 0.4) is 0 Å². The number of carbonyl (C=O) groups is 1. The maximum atomic E-state index is 12.4. The minimum Gasteiger partial charge on any atom is -0.497 e. The molecule has 2 amide bonds. The fourth-order valence-corrected chi connectivity index (χ4v) is 3.22. The van der Waals surface area contributed by atoms with Gasteiger partial charge in [-0.05, 0) is 44.4 Å². The Bertz CT molecular complexity index is 722. The molecule has 1 saturated heterocycles. The third-order valence-electron chi connectivity index (χ3n) is 4.62. The van der Waals surface area contributed by atoms with Gasteiger partial charge in [0.2, 0.25) is 0 Å². The molecule has 1 aliphatic rings. The average molecular weight is 316 g/mol. The summed E-state index contributed by atoms with van der Waals surface area (Å²) in [4.78, 5) is 14.2. The zero-order valence-corrected chi connectivity index (χ0v) is 14.2. The van der Waals surface area contributed by atoms with Crippen LogP contribution in [0.4, 0.5) is 4.79 Å². The summed E-state index contributed by atoms with van der Waals surface area (Å²) in [6.07, 6.45) is 1.07. The molecule has 124 valence electrons. The topological polar surface area (TPSA) is 54.7 Å². The first-order chi connectivity index (χ1) is 11.0. The van der Waals surface area contributed by atoms with Crippen LogP contribution in [0.15, 0.2) is 22.6 Å². The van der Waals surface area contributed by atoms with Gasteiger partial charge in [0.05, 0.1) is 13.2 Å². The van der Waals surface area contributed by atoms with Crippen LogP contribution in [0.2, 0.25) is 0 Å². The molecule has 5 nitrogen and oxygen atoms in total. The summed E-state index contributed by atoms with van der Waals surface area (Å²) in [6, 6.07) is 5.57. The molecule has 1 N–H and O–H groups in total. The molecule has 1 aromatic heterocycles. The lowest BCUT2D eigenvalue weighted by molar-refractivity contribution is 0.202. The molecule has 1 fully saturated rings. The van der Waals surface area contributed by atoms with Crippen molar-refractivity contribution in [3.63, 3.8) is 0 Å². The van der Waals surface area contributed by atoms with Gasteiger partial charge in [0.25, 0.3) is 0 Å². The van der Waals surface area contributed by atoms with Crippen molar-refractivity contribution >= 4 is 17.0 Å². The molecule has 1 aliphatic heterocycles. The smallest absolute Gasteiger partial charge is 0.317 e. The van der Waals surface area contributed by atoms with E-state index in [1.54, 1.807) is 7.11 Å². The van der Waals surface area contributed by atoms with Crippen LogP contribution in [-0.2, 0) is 0 Å². The molecule has 0 bridgehead atoms. The molecule has 5 heteroatoms. The largest absolute Gasteiger partial charge is 0.497 e.